The van der Waals surface area contributed by atoms with Gasteiger partial charge in [-0.1, -0.05) is 26.2 Å². The van der Waals surface area contributed by atoms with Crippen LogP contribution in [-0.4, -0.2) is 31.5 Å². The second-order valence-electron chi connectivity index (χ2n) is 3.71. The molecule has 0 radical (unpaired) electrons. The number of carbonyl (C=O) groups is 1. The van der Waals surface area contributed by atoms with Crippen molar-refractivity contribution in [3.8, 4) is 0 Å². The summed E-state index contributed by atoms with van der Waals surface area (Å²) in [6.45, 7) is 4.21. The van der Waals surface area contributed by atoms with E-state index >= 15 is 0 Å². The number of amides is 1. The number of nitrogens with one attached hydrogen (secondary N) is 1. The lowest BCUT2D eigenvalue weighted by atomic mass is 10.2. The van der Waals surface area contributed by atoms with Gasteiger partial charge in [-0.2, -0.15) is 0 Å². The van der Waals surface area contributed by atoms with Gasteiger partial charge in [-0.05, 0) is 6.42 Å². The molecule has 0 aromatic heterocycles. The fraction of sp³-hybridized carbons (Fsp3) is 0.818. The summed E-state index contributed by atoms with van der Waals surface area (Å²) in [6, 6.07) is 0. The third-order valence-corrected chi connectivity index (χ3v) is 2.31. The Morgan fingerprint density at radius 3 is 3.00 bits per heavy atom. The van der Waals surface area contributed by atoms with E-state index in [0.29, 0.717) is 13.2 Å². The summed E-state index contributed by atoms with van der Waals surface area (Å²) in [5.74, 6) is 0.0999. The van der Waals surface area contributed by atoms with E-state index in [1.807, 2.05) is 0 Å². The average molecular weight is 212 g/mol. The molecule has 15 heavy (non-hydrogen) atoms. The second-order valence-corrected chi connectivity index (χ2v) is 3.71. The molecule has 4 nitrogen and oxygen atoms in total. The smallest absolute Gasteiger partial charge is 0.306 e. The summed E-state index contributed by atoms with van der Waals surface area (Å²) in [4.78, 5) is 15.5. The van der Waals surface area contributed by atoms with Crippen LogP contribution >= 0.6 is 0 Å². The number of carbonyl (C=O) groups excluding carboxylic acids is 1. The fourth-order valence-electron chi connectivity index (χ4n) is 1.43. The maximum Gasteiger partial charge on any atom is 0.306 e. The van der Waals surface area contributed by atoms with Gasteiger partial charge in [-0.3, -0.25) is 4.79 Å². The summed E-state index contributed by atoms with van der Waals surface area (Å²) in [7, 11) is 0. The minimum absolute atomic E-state index is 0.161. The van der Waals surface area contributed by atoms with E-state index in [0.717, 1.165) is 19.4 Å². The van der Waals surface area contributed by atoms with E-state index in [2.05, 4.69) is 17.2 Å². The van der Waals surface area contributed by atoms with Crippen molar-refractivity contribution < 1.29 is 9.53 Å². The number of nitrogens with zero attached hydrogens (tertiary/aromatic N) is 1. The number of rotatable bonds is 6. The van der Waals surface area contributed by atoms with Crippen molar-refractivity contribution in [2.45, 2.75) is 39.0 Å². The van der Waals surface area contributed by atoms with Crippen LogP contribution in [0.25, 0.3) is 0 Å². The molecule has 0 saturated carbocycles. The molecule has 0 aromatic rings. The summed E-state index contributed by atoms with van der Waals surface area (Å²) in [6.07, 6.45) is 5.56. The van der Waals surface area contributed by atoms with Gasteiger partial charge in [0.15, 0.2) is 0 Å². The molecule has 1 aliphatic rings. The highest BCUT2D eigenvalue weighted by Gasteiger charge is 2.14. The Labute approximate surface area is 91.1 Å². The second kappa shape index (κ2) is 7.26. The molecule has 1 amide bonds. The lowest BCUT2D eigenvalue weighted by Gasteiger charge is -2.13. The van der Waals surface area contributed by atoms with Gasteiger partial charge in [0.05, 0.1) is 6.61 Å². The molecule has 0 unspecified atom stereocenters. The van der Waals surface area contributed by atoms with Gasteiger partial charge >= 0.3 is 5.91 Å². The molecule has 0 bridgehead atoms. The predicted molar refractivity (Wildman–Crippen MR) is 60.0 cm³/mol. The van der Waals surface area contributed by atoms with Gasteiger partial charge < -0.3 is 10.1 Å². The molecule has 0 aliphatic carbocycles. The van der Waals surface area contributed by atoms with Crippen LogP contribution in [-0.2, 0) is 9.53 Å². The van der Waals surface area contributed by atoms with E-state index in [9.17, 15) is 4.79 Å². The number of hydrogen-bond acceptors (Lipinski definition) is 3. The van der Waals surface area contributed by atoms with Crippen LogP contribution < -0.4 is 5.32 Å². The standard InChI is InChI=1S/C11H20N2O2/c1-2-3-4-5-7-12-10(14)11-13-8-6-9-15-11/h2-9H2,1H3,(H,12,14). The average Bonchev–Trinajstić information content (AvgIpc) is 2.30. The highest BCUT2D eigenvalue weighted by Crippen LogP contribution is 1.99. The van der Waals surface area contributed by atoms with E-state index in [1.54, 1.807) is 0 Å². The van der Waals surface area contributed by atoms with Crippen LogP contribution in [0.15, 0.2) is 4.99 Å². The minimum Gasteiger partial charge on any atom is -0.474 e. The molecule has 0 aromatic carbocycles. The molecule has 1 N–H and O–H groups in total. The molecule has 1 rings (SSSR count). The fourth-order valence-corrected chi connectivity index (χ4v) is 1.43. The normalized spacial score (nSPS) is 15.4. The van der Waals surface area contributed by atoms with Crippen LogP contribution in [0, 0.1) is 0 Å². The summed E-state index contributed by atoms with van der Waals surface area (Å²) < 4.78 is 5.16. The van der Waals surface area contributed by atoms with Crippen molar-refractivity contribution in [1.29, 1.82) is 0 Å². The van der Waals surface area contributed by atoms with Crippen molar-refractivity contribution in [1.82, 2.24) is 5.32 Å². The Kier molecular flexibility index (Phi) is 5.81. The quantitative estimate of drug-likeness (QED) is 0.678. The Morgan fingerprint density at radius 1 is 1.47 bits per heavy atom. The van der Waals surface area contributed by atoms with Gasteiger partial charge in [0.1, 0.15) is 0 Å². The Hall–Kier alpha value is -1.06. The summed E-state index contributed by atoms with van der Waals surface area (Å²) >= 11 is 0. The first-order chi connectivity index (χ1) is 7.34. The molecule has 1 aliphatic heterocycles. The number of unbranched alkanes of at least 4 members (excludes halogenated alkanes) is 3. The molecule has 4 heteroatoms. The number of hydrogen-bond donors (Lipinski definition) is 1. The first kappa shape index (κ1) is 12.0. The van der Waals surface area contributed by atoms with E-state index < -0.39 is 0 Å². The highest BCUT2D eigenvalue weighted by atomic mass is 16.5. The lowest BCUT2D eigenvalue weighted by Crippen LogP contribution is -2.35. The van der Waals surface area contributed by atoms with Gasteiger partial charge in [-0.25, -0.2) is 4.99 Å². The molecule has 86 valence electrons. The van der Waals surface area contributed by atoms with E-state index in [4.69, 9.17) is 4.74 Å². The summed E-state index contributed by atoms with van der Waals surface area (Å²) in [5.41, 5.74) is 0. The van der Waals surface area contributed by atoms with Crippen LogP contribution in [0.3, 0.4) is 0 Å². The maximum absolute atomic E-state index is 11.5. The van der Waals surface area contributed by atoms with Crippen LogP contribution in [0.2, 0.25) is 0 Å². The topological polar surface area (TPSA) is 50.7 Å². The molecule has 0 spiro atoms. The molecule has 0 atom stereocenters. The van der Waals surface area contributed by atoms with E-state index in [-0.39, 0.29) is 11.8 Å². The maximum atomic E-state index is 11.5. The molecular formula is C11H20N2O2. The minimum atomic E-state index is -0.161. The van der Waals surface area contributed by atoms with Crippen molar-refractivity contribution in [3.63, 3.8) is 0 Å². The van der Waals surface area contributed by atoms with Crippen LogP contribution in [0.4, 0.5) is 0 Å². The third-order valence-electron chi connectivity index (χ3n) is 2.31. The van der Waals surface area contributed by atoms with Crippen molar-refractivity contribution in [2.24, 2.45) is 4.99 Å². The predicted octanol–water partition coefficient (Wildman–Crippen LogP) is 1.50. The molecule has 1 heterocycles. The molecular weight excluding hydrogens is 192 g/mol. The summed E-state index contributed by atoms with van der Waals surface area (Å²) in [5, 5.41) is 2.82. The zero-order chi connectivity index (χ0) is 10.9. The molecule has 0 saturated heterocycles. The Bertz CT molecular complexity index is 227. The van der Waals surface area contributed by atoms with Gasteiger partial charge in [0.25, 0.3) is 5.90 Å². The lowest BCUT2D eigenvalue weighted by molar-refractivity contribution is -0.116. The Balaban J connectivity index is 2.10. The van der Waals surface area contributed by atoms with Crippen molar-refractivity contribution >= 4 is 11.8 Å². The van der Waals surface area contributed by atoms with Gasteiger partial charge in [0.2, 0.25) is 0 Å². The van der Waals surface area contributed by atoms with Crippen LogP contribution in [0.1, 0.15) is 39.0 Å². The van der Waals surface area contributed by atoms with Crippen LogP contribution in [0.5, 0.6) is 0 Å². The molecule has 0 fully saturated rings. The zero-order valence-electron chi connectivity index (χ0n) is 9.42. The van der Waals surface area contributed by atoms with Gasteiger partial charge in [-0.15, -0.1) is 0 Å². The first-order valence-electron chi connectivity index (χ1n) is 5.80. The van der Waals surface area contributed by atoms with Crippen molar-refractivity contribution in [3.05, 3.63) is 0 Å². The van der Waals surface area contributed by atoms with E-state index in [1.165, 1.54) is 19.3 Å². The number of aliphatic imine (C=N–C) groups is 1. The Morgan fingerprint density at radius 2 is 2.33 bits per heavy atom. The highest BCUT2D eigenvalue weighted by molar-refractivity contribution is 6.35. The monoisotopic (exact) mass is 212 g/mol. The largest absolute Gasteiger partial charge is 0.474 e. The van der Waals surface area contributed by atoms with Gasteiger partial charge in [0, 0.05) is 19.5 Å². The third kappa shape index (κ3) is 4.81. The zero-order valence-corrected chi connectivity index (χ0v) is 9.42. The SMILES string of the molecule is CCCCCCNC(=O)C1=NCCCO1. The van der Waals surface area contributed by atoms with Crippen molar-refractivity contribution in [2.75, 3.05) is 19.7 Å². The number of ether oxygens (including phenoxy) is 1. The first-order valence-corrected chi connectivity index (χ1v) is 5.80.